The molecule has 0 aromatic heterocycles. The maximum atomic E-state index is 13.4. The molecule has 6 heteroatoms. The number of carbonyl (C=O) groups excluding carboxylic acids is 3. The first kappa shape index (κ1) is 16.5. The van der Waals surface area contributed by atoms with Crippen molar-refractivity contribution in [1.29, 1.82) is 0 Å². The molecule has 2 aromatic carbocycles. The summed E-state index contributed by atoms with van der Waals surface area (Å²) in [6, 6.07) is 9.93. The second-order valence-electron chi connectivity index (χ2n) is 6.81. The average Bonchev–Trinajstić information content (AvgIpc) is 2.93. The Kier molecular flexibility index (Phi) is 3.18. The summed E-state index contributed by atoms with van der Waals surface area (Å²) in [6.45, 7) is 4.85. The molecule has 2 aromatic rings. The normalized spacial score (nSPS) is 25.2. The Morgan fingerprint density at radius 3 is 2.42 bits per heavy atom. The van der Waals surface area contributed by atoms with Crippen LogP contribution < -0.4 is 10.1 Å². The van der Waals surface area contributed by atoms with Crippen LogP contribution in [0.2, 0.25) is 0 Å². The predicted molar refractivity (Wildman–Crippen MR) is 91.7 cm³/mol. The van der Waals surface area contributed by atoms with E-state index in [9.17, 15) is 19.5 Å². The van der Waals surface area contributed by atoms with Gasteiger partial charge in [0.25, 0.3) is 11.7 Å². The lowest BCUT2D eigenvalue weighted by Gasteiger charge is -2.34. The number of hydrogen-bond acceptors (Lipinski definition) is 5. The fourth-order valence-electron chi connectivity index (χ4n) is 3.76. The van der Waals surface area contributed by atoms with E-state index in [0.29, 0.717) is 11.3 Å². The van der Waals surface area contributed by atoms with E-state index in [2.05, 4.69) is 5.32 Å². The lowest BCUT2D eigenvalue weighted by Crippen LogP contribution is -2.61. The third-order valence-electron chi connectivity index (χ3n) is 5.26. The van der Waals surface area contributed by atoms with E-state index >= 15 is 0 Å². The number of benzene rings is 2. The highest BCUT2D eigenvalue weighted by atomic mass is 16.6. The SMILES string of the molecule is CC(=O)C(=O)NC12C(=O)c3ccccc3C1(O)Oc1cc(C)c(C)cc12. The zero-order valence-corrected chi connectivity index (χ0v) is 14.5. The maximum Gasteiger partial charge on any atom is 0.288 e. The first-order chi connectivity index (χ1) is 12.2. The minimum absolute atomic E-state index is 0.253. The van der Waals surface area contributed by atoms with Gasteiger partial charge in [-0.25, -0.2) is 0 Å². The van der Waals surface area contributed by atoms with Gasteiger partial charge in [0, 0.05) is 23.6 Å². The summed E-state index contributed by atoms with van der Waals surface area (Å²) in [5, 5.41) is 13.9. The minimum atomic E-state index is -2.12. The molecule has 0 spiro atoms. The Hall–Kier alpha value is -2.99. The van der Waals surface area contributed by atoms with Crippen molar-refractivity contribution in [2.24, 2.45) is 0 Å². The average molecular weight is 351 g/mol. The second-order valence-corrected chi connectivity index (χ2v) is 6.81. The summed E-state index contributed by atoms with van der Waals surface area (Å²) in [7, 11) is 0. The van der Waals surface area contributed by atoms with Crippen molar-refractivity contribution in [2.45, 2.75) is 32.1 Å². The molecule has 2 atom stereocenters. The van der Waals surface area contributed by atoms with Crippen LogP contribution in [0, 0.1) is 13.8 Å². The largest absolute Gasteiger partial charge is 0.454 e. The van der Waals surface area contributed by atoms with E-state index < -0.39 is 28.8 Å². The molecular weight excluding hydrogens is 334 g/mol. The van der Waals surface area contributed by atoms with E-state index in [-0.39, 0.29) is 11.1 Å². The molecule has 4 rings (SSSR count). The molecule has 132 valence electrons. The number of Topliss-reactive ketones (excluding diaryl/α,β-unsaturated/α-hetero) is 2. The molecule has 0 saturated carbocycles. The number of hydrogen-bond donors (Lipinski definition) is 2. The fourth-order valence-corrected chi connectivity index (χ4v) is 3.76. The number of aliphatic hydroxyl groups is 1. The van der Waals surface area contributed by atoms with Gasteiger partial charge in [0.15, 0.2) is 0 Å². The number of ether oxygens (including phenoxy) is 1. The molecule has 0 saturated heterocycles. The van der Waals surface area contributed by atoms with Gasteiger partial charge < -0.3 is 15.2 Å². The molecule has 1 amide bonds. The van der Waals surface area contributed by atoms with Gasteiger partial charge in [-0.1, -0.05) is 24.3 Å². The van der Waals surface area contributed by atoms with Crippen LogP contribution in [0.3, 0.4) is 0 Å². The lowest BCUT2D eigenvalue weighted by atomic mass is 9.81. The standard InChI is InChI=1S/C20H17NO5/c1-10-8-15-16(9-11(10)2)26-20(25)14-7-5-4-6-13(14)17(23)19(15,20)21-18(24)12(3)22/h4-9,25H,1-3H3,(H,21,24). The second kappa shape index (κ2) is 5.02. The number of fused-ring (bicyclic) bond motifs is 5. The summed E-state index contributed by atoms with van der Waals surface area (Å²) in [5.74, 6) is -4.04. The van der Waals surface area contributed by atoms with Gasteiger partial charge >= 0.3 is 0 Å². The third kappa shape index (κ3) is 1.77. The van der Waals surface area contributed by atoms with Crippen LogP contribution >= 0.6 is 0 Å². The Morgan fingerprint density at radius 2 is 1.73 bits per heavy atom. The third-order valence-corrected chi connectivity index (χ3v) is 5.26. The number of ketones is 2. The fraction of sp³-hybridized carbons (Fsp3) is 0.250. The Morgan fingerprint density at radius 1 is 1.08 bits per heavy atom. The van der Waals surface area contributed by atoms with Crippen molar-refractivity contribution in [3.63, 3.8) is 0 Å². The summed E-state index contributed by atoms with van der Waals surface area (Å²) in [4.78, 5) is 37.2. The van der Waals surface area contributed by atoms with Crippen LogP contribution in [0.4, 0.5) is 0 Å². The highest BCUT2D eigenvalue weighted by Crippen LogP contribution is 2.58. The topological polar surface area (TPSA) is 92.7 Å². The van der Waals surface area contributed by atoms with Crippen molar-refractivity contribution < 1.29 is 24.2 Å². The van der Waals surface area contributed by atoms with Crippen molar-refractivity contribution in [2.75, 3.05) is 0 Å². The summed E-state index contributed by atoms with van der Waals surface area (Å²) < 4.78 is 5.84. The monoisotopic (exact) mass is 351 g/mol. The molecule has 1 aliphatic carbocycles. The molecule has 6 nitrogen and oxygen atoms in total. The van der Waals surface area contributed by atoms with E-state index in [4.69, 9.17) is 4.74 Å². The number of aryl methyl sites for hydroxylation is 2. The van der Waals surface area contributed by atoms with E-state index in [1.807, 2.05) is 13.8 Å². The molecule has 2 N–H and O–H groups in total. The van der Waals surface area contributed by atoms with Crippen LogP contribution in [-0.2, 0) is 20.9 Å². The molecule has 2 unspecified atom stereocenters. The van der Waals surface area contributed by atoms with Gasteiger partial charge in [0.1, 0.15) is 5.75 Å². The zero-order chi connectivity index (χ0) is 18.9. The summed E-state index contributed by atoms with van der Waals surface area (Å²) in [6.07, 6.45) is 0. The van der Waals surface area contributed by atoms with E-state index in [1.54, 1.807) is 36.4 Å². The van der Waals surface area contributed by atoms with Crippen molar-refractivity contribution in [3.8, 4) is 5.75 Å². The van der Waals surface area contributed by atoms with Gasteiger partial charge in [0.2, 0.25) is 17.1 Å². The van der Waals surface area contributed by atoms with Crippen molar-refractivity contribution in [1.82, 2.24) is 5.32 Å². The molecular formula is C20H17NO5. The van der Waals surface area contributed by atoms with Gasteiger partial charge in [-0.05, 0) is 37.1 Å². The van der Waals surface area contributed by atoms with Gasteiger partial charge in [-0.2, -0.15) is 0 Å². The Labute approximate surface area is 149 Å². The van der Waals surface area contributed by atoms with E-state index in [1.165, 1.54) is 0 Å². The first-order valence-electron chi connectivity index (χ1n) is 8.23. The van der Waals surface area contributed by atoms with Gasteiger partial charge in [-0.3, -0.25) is 14.4 Å². The molecule has 0 fully saturated rings. The van der Waals surface area contributed by atoms with Crippen LogP contribution in [0.25, 0.3) is 0 Å². The number of nitrogens with one attached hydrogen (secondary N) is 1. The highest BCUT2D eigenvalue weighted by molar-refractivity contribution is 6.36. The molecule has 0 bridgehead atoms. The maximum absolute atomic E-state index is 13.4. The molecule has 1 aliphatic heterocycles. The van der Waals surface area contributed by atoms with E-state index in [0.717, 1.165) is 18.1 Å². The van der Waals surface area contributed by atoms with Gasteiger partial charge in [0.05, 0.1) is 0 Å². The van der Waals surface area contributed by atoms with Crippen LogP contribution in [-0.4, -0.2) is 22.6 Å². The molecule has 26 heavy (non-hydrogen) atoms. The van der Waals surface area contributed by atoms with Crippen LogP contribution in [0.5, 0.6) is 5.75 Å². The Bertz CT molecular complexity index is 1010. The quantitative estimate of drug-likeness (QED) is 0.803. The highest BCUT2D eigenvalue weighted by Gasteiger charge is 2.71. The van der Waals surface area contributed by atoms with Crippen LogP contribution in [0.1, 0.15) is 39.5 Å². The van der Waals surface area contributed by atoms with Crippen LogP contribution in [0.15, 0.2) is 36.4 Å². The minimum Gasteiger partial charge on any atom is -0.454 e. The molecule has 1 heterocycles. The smallest absolute Gasteiger partial charge is 0.288 e. The first-order valence-corrected chi connectivity index (χ1v) is 8.23. The lowest BCUT2D eigenvalue weighted by molar-refractivity contribution is -0.175. The van der Waals surface area contributed by atoms with Crippen molar-refractivity contribution >= 4 is 17.5 Å². The zero-order valence-electron chi connectivity index (χ0n) is 14.5. The summed E-state index contributed by atoms with van der Waals surface area (Å²) >= 11 is 0. The molecule has 2 aliphatic rings. The Balaban J connectivity index is 2.04. The number of carbonyl (C=O) groups is 3. The molecule has 0 radical (unpaired) electrons. The predicted octanol–water partition coefficient (Wildman–Crippen LogP) is 1.64. The summed E-state index contributed by atoms with van der Waals surface area (Å²) in [5.41, 5.74) is 0.757. The van der Waals surface area contributed by atoms with Crippen molar-refractivity contribution in [3.05, 3.63) is 64.2 Å². The number of rotatable bonds is 2. The van der Waals surface area contributed by atoms with Gasteiger partial charge in [-0.15, -0.1) is 0 Å². The number of amides is 1.